The maximum Gasteiger partial charge on any atom is 0.643 e. The van der Waals surface area contributed by atoms with Crippen molar-refractivity contribution in [3.8, 4) is 23.0 Å². The number of fused-ring (bicyclic) bond motifs is 2. The van der Waals surface area contributed by atoms with Crippen LogP contribution in [0.1, 0.15) is 61.2 Å². The van der Waals surface area contributed by atoms with Crippen LogP contribution in [-0.4, -0.2) is 71.5 Å². The maximum absolute atomic E-state index is 12.1. The molecule has 2 aromatic carbocycles. The molecule has 0 amide bonds. The second-order valence-corrected chi connectivity index (χ2v) is 18.1. The highest BCUT2D eigenvalue weighted by molar-refractivity contribution is 7.54. The van der Waals surface area contributed by atoms with E-state index in [1.807, 2.05) is 12.1 Å². The second kappa shape index (κ2) is 20.6. The van der Waals surface area contributed by atoms with Gasteiger partial charge < -0.3 is 29.5 Å². The Balaban J connectivity index is 0.000000403. The molecule has 47 heavy (non-hydrogen) atoms. The normalized spacial score (nSPS) is 11.6. The van der Waals surface area contributed by atoms with Gasteiger partial charge in [0.1, 0.15) is 0 Å². The Bertz CT molecular complexity index is 1650. The smallest absolute Gasteiger partial charge is 0.504 e. The Morgan fingerprint density at radius 3 is 1.45 bits per heavy atom. The van der Waals surface area contributed by atoms with Gasteiger partial charge in [0, 0.05) is 35.7 Å². The second-order valence-electron chi connectivity index (χ2n) is 9.51. The lowest BCUT2D eigenvalue weighted by molar-refractivity contribution is -0.141. The van der Waals surface area contributed by atoms with Gasteiger partial charge in [-0.05, 0) is 35.0 Å². The van der Waals surface area contributed by atoms with Crippen molar-refractivity contribution in [1.82, 2.24) is 0 Å². The van der Waals surface area contributed by atoms with Crippen LogP contribution in [0.3, 0.4) is 0 Å². The van der Waals surface area contributed by atoms with Crippen LogP contribution in [-0.2, 0) is 9.59 Å². The lowest BCUT2D eigenvalue weighted by Gasteiger charge is -2.06. The van der Waals surface area contributed by atoms with Gasteiger partial charge in [-0.15, -0.1) is 22.7 Å². The van der Waals surface area contributed by atoms with Gasteiger partial charge in [0.15, 0.2) is 34.6 Å². The van der Waals surface area contributed by atoms with E-state index in [2.05, 4.69) is 0 Å². The molecule has 4 rings (SSSR count). The number of thiophene rings is 2. The summed E-state index contributed by atoms with van der Waals surface area (Å²) in [7, 11) is 19.4. The van der Waals surface area contributed by atoms with Crippen LogP contribution in [0.4, 0.5) is 0 Å². The summed E-state index contributed by atoms with van der Waals surface area (Å²) >= 11 is 0.842. The number of rotatable bonds is 11. The number of ketones is 2. The van der Waals surface area contributed by atoms with Crippen LogP contribution < -0.4 is 14.2 Å². The summed E-state index contributed by atoms with van der Waals surface area (Å²) in [6.07, 6.45) is -0.0400. The van der Waals surface area contributed by atoms with Crippen molar-refractivity contribution in [2.24, 2.45) is 11.8 Å². The van der Waals surface area contributed by atoms with Crippen LogP contribution in [0.5, 0.6) is 23.0 Å². The molecule has 0 bridgehead atoms. The molecule has 3 N–H and O–H groups in total. The van der Waals surface area contributed by atoms with Crippen molar-refractivity contribution >= 4 is 108 Å². The van der Waals surface area contributed by atoms with Gasteiger partial charge in [-0.1, -0.05) is 27.7 Å². The van der Waals surface area contributed by atoms with Gasteiger partial charge in [0.25, 0.3) is 0 Å². The summed E-state index contributed by atoms with van der Waals surface area (Å²) in [6.45, 7) is 5.32. The number of Topliss-reactive ketones (excluding diaryl/α,β-unsaturated/α-hetero) is 2. The number of phenolic OH excluding ortho intramolecular Hbond substituents is 1. The molecule has 0 radical (unpaired) electrons. The number of benzene rings is 2. The summed E-state index contributed by atoms with van der Waals surface area (Å²) in [6, 6.07) is 10.3. The summed E-state index contributed by atoms with van der Waals surface area (Å²) in [4.78, 5) is 46.8. The van der Waals surface area contributed by atoms with Gasteiger partial charge >= 0.3 is 23.3 Å². The Morgan fingerprint density at radius 2 is 1.09 bits per heavy atom. The van der Waals surface area contributed by atoms with Crippen LogP contribution in [0.25, 0.3) is 20.2 Å². The minimum atomic E-state index is -1.72. The zero-order valence-electron chi connectivity index (χ0n) is 27.5. The first kappa shape index (κ1) is 40.4. The summed E-state index contributed by atoms with van der Waals surface area (Å²) in [5, 5.41) is 29.1. The Labute approximate surface area is 299 Å². The van der Waals surface area contributed by atoms with Crippen molar-refractivity contribution in [3.05, 3.63) is 46.2 Å². The number of carbonyl (C=O) groups is 4. The molecule has 10 nitrogen and oxygen atoms in total. The van der Waals surface area contributed by atoms with Crippen LogP contribution in [0.15, 0.2) is 36.4 Å². The molecular weight excluding hydrogens is 730 g/mol. The third-order valence-corrected chi connectivity index (χ3v) is 8.49. The number of hydrogen-bond donors (Lipinski definition) is 3. The lowest BCUT2D eigenvalue weighted by Crippen LogP contribution is -2.13. The average Bonchev–Trinajstić information content (AvgIpc) is 3.63. The van der Waals surface area contributed by atoms with Crippen molar-refractivity contribution < 1.29 is 50.1 Å². The number of aromatic hydroxyl groups is 1. The lowest BCUT2D eigenvalue weighted by atomic mass is 10.0. The molecule has 2 heterocycles. The van der Waals surface area contributed by atoms with E-state index in [0.717, 1.165) is 20.2 Å². The van der Waals surface area contributed by atoms with E-state index in [-0.39, 0.29) is 30.2 Å². The molecule has 0 unspecified atom stereocenters. The molecule has 4 aromatic rings. The standard InChI is InChI=1S/C15H16O5S.C14H14O5S.C2H6.Al.3ClH/c1-8(15(17)18)4-10(16)14-6-9-5-11(19-2)12(20-3)7-13(9)21-14;1-7(14(17)18)3-10(16)13-5-8-4-11(19-2)9(15)6-12(8)20-13;1-2;;;;/h5-8H,4H2,1-3H3,(H,17,18);4-7,15H,3H2,1-2H3,(H,17,18);1-2H3;;3*1H/q;;;+3;;;/p-3/t8-;7-;;;;;/m00...../s1/i;;1D;;;;. The molecule has 16 heteroatoms. The van der Waals surface area contributed by atoms with E-state index in [0.29, 0.717) is 33.9 Å². The predicted octanol–water partition coefficient (Wildman–Crippen LogP) is 8.83. The highest BCUT2D eigenvalue weighted by Gasteiger charge is 2.21. The first-order valence-corrected chi connectivity index (χ1v) is 20.6. The largest absolute Gasteiger partial charge is 0.643 e. The molecule has 0 aliphatic rings. The van der Waals surface area contributed by atoms with Gasteiger partial charge in [-0.25, -0.2) is 30.1 Å². The van der Waals surface area contributed by atoms with Crippen molar-refractivity contribution in [2.75, 3.05) is 21.3 Å². The third kappa shape index (κ3) is 13.0. The molecule has 0 fully saturated rings. The number of methoxy groups -OCH3 is 3. The average molecular weight is 767 g/mol. The van der Waals surface area contributed by atoms with Crippen LogP contribution >= 0.6 is 52.8 Å². The topological polar surface area (TPSA) is 157 Å². The quantitative estimate of drug-likeness (QED) is 0.0996. The zero-order chi connectivity index (χ0) is 36.7. The highest BCUT2D eigenvalue weighted by atomic mass is 35.8. The van der Waals surface area contributed by atoms with Gasteiger partial charge in [-0.2, -0.15) is 0 Å². The number of phenols is 1. The zero-order valence-corrected chi connectivity index (χ0v) is 31.5. The molecule has 0 aliphatic carbocycles. The minimum absolute atomic E-state index is 0.00355. The molecule has 2 aromatic heterocycles. The number of aliphatic carboxylic acids is 2. The SMILES string of the molecule is COc1cc2cc(C(=O)C[C@H](C)C(=O)O)sc2cc1O.COc1cc2cc(C(=O)C[C@H](C)C(=O)O)sc2cc1OC.[2H]CC.[Cl][Al]([Cl])[Cl]. The maximum atomic E-state index is 12.1. The van der Waals surface area contributed by atoms with Gasteiger partial charge in [0.2, 0.25) is 0 Å². The van der Waals surface area contributed by atoms with Crippen LogP contribution in [0, 0.1) is 11.8 Å². The van der Waals surface area contributed by atoms with Crippen LogP contribution in [0.2, 0.25) is 0 Å². The highest BCUT2D eigenvalue weighted by Crippen LogP contribution is 2.38. The number of carboxylic acid groups (broad SMARTS) is 2. The minimum Gasteiger partial charge on any atom is -0.504 e. The fourth-order valence-corrected chi connectivity index (χ4v) is 5.84. The third-order valence-electron chi connectivity index (χ3n) is 6.22. The monoisotopic (exact) mass is 765 g/mol. The first-order valence-electron chi connectivity index (χ1n) is 14.4. The van der Waals surface area contributed by atoms with E-state index < -0.39 is 35.2 Å². The van der Waals surface area contributed by atoms with Gasteiger partial charge in [0.05, 0.1) is 42.9 Å². The molecule has 0 aliphatic heterocycles. The molecule has 0 saturated heterocycles. The summed E-state index contributed by atoms with van der Waals surface area (Å²) in [5.74, 6) is -2.17. The number of ether oxygens (including phenoxy) is 3. The fourth-order valence-electron chi connectivity index (χ4n) is 3.79. The molecule has 0 spiro atoms. The Kier molecular flexibility index (Phi) is 17.7. The van der Waals surface area contributed by atoms with Crippen molar-refractivity contribution in [3.63, 3.8) is 0 Å². The van der Waals surface area contributed by atoms with E-state index in [4.69, 9.17) is 55.9 Å². The molecule has 2 atom stereocenters. The number of hydrogen-bond acceptors (Lipinski definition) is 10. The number of carbonyl (C=O) groups excluding carboxylic acids is 2. The summed E-state index contributed by atoms with van der Waals surface area (Å²) < 4.78 is 23.3. The van der Waals surface area contributed by atoms with E-state index in [9.17, 15) is 24.3 Å². The Hall–Kier alpha value is -2.76. The Morgan fingerprint density at radius 1 is 0.745 bits per heavy atom. The molecule has 0 saturated carbocycles. The van der Waals surface area contributed by atoms with E-state index in [1.165, 1.54) is 49.7 Å². The number of carboxylic acids is 2. The molecule has 256 valence electrons. The van der Waals surface area contributed by atoms with Gasteiger partial charge in [-0.3, -0.25) is 19.2 Å². The van der Waals surface area contributed by atoms with E-state index >= 15 is 0 Å². The van der Waals surface area contributed by atoms with E-state index in [1.54, 1.807) is 39.3 Å². The van der Waals surface area contributed by atoms with Crippen molar-refractivity contribution in [2.45, 2.75) is 40.5 Å². The molecular formula is C31H36AlCl3O10S2. The predicted molar refractivity (Wildman–Crippen MR) is 191 cm³/mol. The first-order chi connectivity index (χ1) is 22.5. The fraction of sp³-hybridized carbons (Fsp3) is 0.355. The summed E-state index contributed by atoms with van der Waals surface area (Å²) in [5.41, 5.74) is 0. The van der Waals surface area contributed by atoms with Crippen molar-refractivity contribution in [1.29, 1.82) is 0 Å². The number of halogens is 3.